The first kappa shape index (κ1) is 10.5. The molecule has 0 aliphatic rings. The van der Waals surface area contributed by atoms with Gasteiger partial charge in [-0.1, -0.05) is 15.9 Å². The Hall–Kier alpha value is -2.04. The van der Waals surface area contributed by atoms with Crippen LogP contribution in [0.25, 0.3) is 5.69 Å². The van der Waals surface area contributed by atoms with Gasteiger partial charge in [-0.3, -0.25) is 0 Å². The van der Waals surface area contributed by atoms with E-state index in [0.29, 0.717) is 16.9 Å². The Labute approximate surface area is 101 Å². The SMILES string of the molecule is N#Cc1cc(Br)ccc1-n1cccc1C#N. The number of benzene rings is 1. The zero-order valence-electron chi connectivity index (χ0n) is 8.18. The van der Waals surface area contributed by atoms with Crippen molar-refractivity contribution in [3.05, 3.63) is 52.3 Å². The first-order chi connectivity index (χ1) is 7.76. The maximum Gasteiger partial charge on any atom is 0.124 e. The summed E-state index contributed by atoms with van der Waals surface area (Å²) in [5.74, 6) is 0. The van der Waals surface area contributed by atoms with E-state index in [-0.39, 0.29) is 0 Å². The first-order valence-corrected chi connectivity index (χ1v) is 5.33. The molecule has 0 saturated heterocycles. The average molecular weight is 272 g/mol. The van der Waals surface area contributed by atoms with Gasteiger partial charge in [0.15, 0.2) is 0 Å². The third-order valence-corrected chi connectivity index (χ3v) is 2.70. The van der Waals surface area contributed by atoms with E-state index in [0.717, 1.165) is 4.47 Å². The van der Waals surface area contributed by atoms with Gasteiger partial charge in [0, 0.05) is 10.7 Å². The van der Waals surface area contributed by atoms with Crippen molar-refractivity contribution in [3.8, 4) is 17.8 Å². The van der Waals surface area contributed by atoms with Crippen molar-refractivity contribution in [2.75, 3.05) is 0 Å². The van der Waals surface area contributed by atoms with Crippen molar-refractivity contribution in [1.29, 1.82) is 10.5 Å². The molecule has 0 amide bonds. The molecule has 0 fully saturated rings. The van der Waals surface area contributed by atoms with Crippen LogP contribution in [0.3, 0.4) is 0 Å². The highest BCUT2D eigenvalue weighted by Gasteiger charge is 2.07. The molecule has 3 nitrogen and oxygen atoms in total. The molecule has 0 saturated carbocycles. The molecule has 0 N–H and O–H groups in total. The van der Waals surface area contributed by atoms with E-state index in [1.54, 1.807) is 29.0 Å². The third-order valence-electron chi connectivity index (χ3n) is 2.20. The van der Waals surface area contributed by atoms with Crippen LogP contribution in [-0.2, 0) is 0 Å². The van der Waals surface area contributed by atoms with Crippen LogP contribution >= 0.6 is 15.9 Å². The lowest BCUT2D eigenvalue weighted by Gasteiger charge is -2.07. The third kappa shape index (κ3) is 1.71. The quantitative estimate of drug-likeness (QED) is 0.801. The van der Waals surface area contributed by atoms with Crippen molar-refractivity contribution in [3.63, 3.8) is 0 Å². The van der Waals surface area contributed by atoms with Crippen LogP contribution in [0.5, 0.6) is 0 Å². The molecule has 0 spiro atoms. The Bertz CT molecular complexity index is 614. The maximum atomic E-state index is 9.04. The van der Waals surface area contributed by atoms with E-state index in [9.17, 15) is 0 Å². The Morgan fingerprint density at radius 3 is 2.62 bits per heavy atom. The fourth-order valence-electron chi connectivity index (χ4n) is 1.49. The largest absolute Gasteiger partial charge is 0.307 e. The Kier molecular flexibility index (Phi) is 2.76. The summed E-state index contributed by atoms with van der Waals surface area (Å²) >= 11 is 3.31. The normalized spacial score (nSPS) is 9.44. The van der Waals surface area contributed by atoms with Crippen molar-refractivity contribution in [1.82, 2.24) is 4.57 Å². The van der Waals surface area contributed by atoms with Gasteiger partial charge in [0.25, 0.3) is 0 Å². The van der Waals surface area contributed by atoms with Crippen molar-refractivity contribution in [2.45, 2.75) is 0 Å². The van der Waals surface area contributed by atoms with Gasteiger partial charge in [0.2, 0.25) is 0 Å². The van der Waals surface area contributed by atoms with Gasteiger partial charge in [-0.2, -0.15) is 10.5 Å². The van der Waals surface area contributed by atoms with Crippen LogP contribution in [0.2, 0.25) is 0 Å². The Morgan fingerprint density at radius 1 is 1.12 bits per heavy atom. The molecule has 2 aromatic rings. The highest BCUT2D eigenvalue weighted by atomic mass is 79.9. The number of nitriles is 2. The summed E-state index contributed by atoms with van der Waals surface area (Å²) in [7, 11) is 0. The zero-order chi connectivity index (χ0) is 11.5. The molecule has 0 aliphatic heterocycles. The van der Waals surface area contributed by atoms with E-state index >= 15 is 0 Å². The van der Waals surface area contributed by atoms with Gasteiger partial charge >= 0.3 is 0 Å². The number of hydrogen-bond acceptors (Lipinski definition) is 2. The van der Waals surface area contributed by atoms with Crippen LogP contribution in [0.4, 0.5) is 0 Å². The highest BCUT2D eigenvalue weighted by Crippen LogP contribution is 2.21. The predicted molar refractivity (Wildman–Crippen MR) is 62.9 cm³/mol. The van der Waals surface area contributed by atoms with Gasteiger partial charge in [-0.05, 0) is 30.3 Å². The lowest BCUT2D eigenvalue weighted by molar-refractivity contribution is 1.04. The summed E-state index contributed by atoms with van der Waals surface area (Å²) < 4.78 is 2.55. The monoisotopic (exact) mass is 271 g/mol. The van der Waals surface area contributed by atoms with E-state index < -0.39 is 0 Å². The molecule has 0 atom stereocenters. The second-order valence-electron chi connectivity index (χ2n) is 3.15. The Morgan fingerprint density at radius 2 is 1.94 bits per heavy atom. The van der Waals surface area contributed by atoms with Gasteiger partial charge < -0.3 is 4.57 Å². The molecule has 0 unspecified atom stereocenters. The van der Waals surface area contributed by atoms with E-state index in [1.807, 2.05) is 12.1 Å². The lowest BCUT2D eigenvalue weighted by Crippen LogP contribution is -1.98. The number of nitrogens with zero attached hydrogens (tertiary/aromatic N) is 3. The van der Waals surface area contributed by atoms with Gasteiger partial charge in [-0.15, -0.1) is 0 Å². The number of aromatic nitrogens is 1. The fraction of sp³-hybridized carbons (Fsp3) is 0. The van der Waals surface area contributed by atoms with Crippen molar-refractivity contribution in [2.24, 2.45) is 0 Å². The lowest BCUT2D eigenvalue weighted by atomic mass is 10.2. The Balaban J connectivity index is 2.67. The summed E-state index contributed by atoms with van der Waals surface area (Å²) in [6, 6.07) is 13.1. The highest BCUT2D eigenvalue weighted by molar-refractivity contribution is 9.10. The molecular weight excluding hydrogens is 266 g/mol. The molecule has 0 aliphatic carbocycles. The second-order valence-corrected chi connectivity index (χ2v) is 4.06. The first-order valence-electron chi connectivity index (χ1n) is 4.53. The number of hydrogen-bond donors (Lipinski definition) is 0. The van der Waals surface area contributed by atoms with Crippen molar-refractivity contribution < 1.29 is 0 Å². The van der Waals surface area contributed by atoms with Crippen LogP contribution in [-0.4, -0.2) is 4.57 Å². The molecule has 0 radical (unpaired) electrons. The average Bonchev–Trinajstić information content (AvgIpc) is 2.76. The van der Waals surface area contributed by atoms with Crippen LogP contribution in [0, 0.1) is 22.7 Å². The minimum absolute atomic E-state index is 0.513. The smallest absolute Gasteiger partial charge is 0.124 e. The summed E-state index contributed by atoms with van der Waals surface area (Å²) in [5.41, 5.74) is 1.76. The van der Waals surface area contributed by atoms with E-state index in [2.05, 4.69) is 28.1 Å². The molecule has 4 heteroatoms. The summed E-state index contributed by atoms with van der Waals surface area (Å²) in [5, 5.41) is 18.0. The number of halogens is 1. The molecule has 0 bridgehead atoms. The van der Waals surface area contributed by atoms with Crippen LogP contribution in [0.15, 0.2) is 41.0 Å². The topological polar surface area (TPSA) is 52.5 Å². The van der Waals surface area contributed by atoms with E-state index in [1.165, 1.54) is 0 Å². The standard InChI is InChI=1S/C12H6BrN3/c13-10-3-4-12(9(6-10)7-14)16-5-1-2-11(16)8-15/h1-6H. The van der Waals surface area contributed by atoms with Crippen LogP contribution in [0.1, 0.15) is 11.3 Å². The van der Waals surface area contributed by atoms with Gasteiger partial charge in [0.1, 0.15) is 17.8 Å². The molecule has 1 aromatic carbocycles. The second kappa shape index (κ2) is 4.22. The molecule has 2 rings (SSSR count). The fourth-order valence-corrected chi connectivity index (χ4v) is 1.85. The summed E-state index contributed by atoms with van der Waals surface area (Å²) in [6.45, 7) is 0. The number of rotatable bonds is 1. The molecule has 76 valence electrons. The molecule has 1 heterocycles. The van der Waals surface area contributed by atoms with Gasteiger partial charge in [0.05, 0.1) is 11.3 Å². The molecular formula is C12H6BrN3. The minimum atomic E-state index is 0.513. The van der Waals surface area contributed by atoms with Gasteiger partial charge in [-0.25, -0.2) is 0 Å². The van der Waals surface area contributed by atoms with Crippen LogP contribution < -0.4 is 0 Å². The summed E-state index contributed by atoms with van der Waals surface area (Å²) in [6.07, 6.45) is 1.77. The summed E-state index contributed by atoms with van der Waals surface area (Å²) in [4.78, 5) is 0. The van der Waals surface area contributed by atoms with Crippen molar-refractivity contribution >= 4 is 15.9 Å². The van der Waals surface area contributed by atoms with E-state index in [4.69, 9.17) is 10.5 Å². The predicted octanol–water partition coefficient (Wildman–Crippen LogP) is 2.98. The molecule has 16 heavy (non-hydrogen) atoms. The molecule has 1 aromatic heterocycles. The minimum Gasteiger partial charge on any atom is -0.307 e. The maximum absolute atomic E-state index is 9.04. The zero-order valence-corrected chi connectivity index (χ0v) is 9.77.